The number of fused-ring (bicyclic) bond motifs is 1. The summed E-state index contributed by atoms with van der Waals surface area (Å²) in [6.07, 6.45) is 1.09. The van der Waals surface area contributed by atoms with Crippen molar-refractivity contribution in [2.45, 2.75) is 13.2 Å². The Morgan fingerprint density at radius 3 is 2.67 bits per heavy atom. The maximum atomic E-state index is 11.8. The van der Waals surface area contributed by atoms with E-state index in [0.717, 1.165) is 28.2 Å². The number of amidine groups is 1. The number of anilines is 1. The highest BCUT2D eigenvalue weighted by atomic mass is 16.5. The number of benzene rings is 2. The van der Waals surface area contributed by atoms with Crippen molar-refractivity contribution < 1.29 is 9.53 Å². The van der Waals surface area contributed by atoms with Crippen molar-refractivity contribution in [2.24, 2.45) is 7.05 Å². The van der Waals surface area contributed by atoms with E-state index >= 15 is 0 Å². The molecule has 0 radical (unpaired) electrons. The first-order valence-corrected chi connectivity index (χ1v) is 9.49. The topological polar surface area (TPSA) is 108 Å². The Labute approximate surface area is 173 Å². The molecule has 0 saturated carbocycles. The molecular formula is C22H22N6O2. The van der Waals surface area contributed by atoms with Gasteiger partial charge < -0.3 is 19.6 Å². The first-order chi connectivity index (χ1) is 14.6. The van der Waals surface area contributed by atoms with Crippen LogP contribution >= 0.6 is 0 Å². The minimum absolute atomic E-state index is 0.0200. The minimum Gasteiger partial charge on any atom is -0.443 e. The summed E-state index contributed by atoms with van der Waals surface area (Å²) in [4.78, 5) is 19.4. The van der Waals surface area contributed by atoms with Gasteiger partial charge in [-0.3, -0.25) is 10.7 Å². The molecule has 1 amide bonds. The van der Waals surface area contributed by atoms with E-state index in [2.05, 4.69) is 25.2 Å². The number of nitrogens with one attached hydrogen (secondary N) is 4. The van der Waals surface area contributed by atoms with Gasteiger partial charge in [0.15, 0.2) is 0 Å². The number of ether oxygens (including phenoxy) is 1. The van der Waals surface area contributed by atoms with E-state index in [4.69, 9.17) is 10.1 Å². The summed E-state index contributed by atoms with van der Waals surface area (Å²) in [5, 5.41) is 13.8. The number of para-hydroxylation sites is 2. The number of alkyl carbamates (subject to hydrolysis) is 1. The predicted octanol–water partition coefficient (Wildman–Crippen LogP) is 3.77. The molecule has 0 aliphatic heterocycles. The highest BCUT2D eigenvalue weighted by molar-refractivity contribution is 6.04. The fourth-order valence-electron chi connectivity index (χ4n) is 3.10. The van der Waals surface area contributed by atoms with Gasteiger partial charge in [0.1, 0.15) is 18.3 Å². The average Bonchev–Trinajstić information content (AvgIpc) is 3.39. The molecule has 8 heteroatoms. The van der Waals surface area contributed by atoms with Crippen molar-refractivity contribution in [3.8, 4) is 0 Å². The summed E-state index contributed by atoms with van der Waals surface area (Å²) in [5.74, 6) is 0.910. The summed E-state index contributed by atoms with van der Waals surface area (Å²) >= 11 is 0. The van der Waals surface area contributed by atoms with Gasteiger partial charge in [-0.15, -0.1) is 0 Å². The number of carbonyl (C=O) groups excluding carboxylic acids is 1. The fourth-order valence-corrected chi connectivity index (χ4v) is 3.10. The molecule has 0 unspecified atom stereocenters. The van der Waals surface area contributed by atoms with Crippen LogP contribution in [0.1, 0.15) is 17.1 Å². The molecular weight excluding hydrogens is 380 g/mol. The molecule has 2 aromatic heterocycles. The van der Waals surface area contributed by atoms with Gasteiger partial charge >= 0.3 is 6.09 Å². The van der Waals surface area contributed by atoms with Crippen LogP contribution in [0, 0.1) is 5.41 Å². The first kappa shape index (κ1) is 19.3. The molecule has 4 rings (SSSR count). The van der Waals surface area contributed by atoms with Gasteiger partial charge in [-0.2, -0.15) is 0 Å². The first-order valence-electron chi connectivity index (χ1n) is 9.49. The molecule has 0 bridgehead atoms. The van der Waals surface area contributed by atoms with Crippen LogP contribution in [0.4, 0.5) is 10.5 Å². The number of carbonyl (C=O) groups is 1. The van der Waals surface area contributed by atoms with Crippen molar-refractivity contribution in [1.82, 2.24) is 19.9 Å². The van der Waals surface area contributed by atoms with Crippen LogP contribution in [0.25, 0.3) is 11.0 Å². The third kappa shape index (κ3) is 4.33. The van der Waals surface area contributed by atoms with E-state index in [1.165, 1.54) is 0 Å². The Hall–Kier alpha value is -4.07. The van der Waals surface area contributed by atoms with Gasteiger partial charge in [-0.1, -0.05) is 12.1 Å². The number of rotatable bonds is 6. The molecule has 4 aromatic rings. The van der Waals surface area contributed by atoms with E-state index in [1.807, 2.05) is 55.6 Å². The molecule has 0 spiro atoms. The summed E-state index contributed by atoms with van der Waals surface area (Å²) in [5.41, 5.74) is 4.32. The van der Waals surface area contributed by atoms with Crippen molar-refractivity contribution >= 4 is 28.6 Å². The van der Waals surface area contributed by atoms with Crippen LogP contribution in [-0.4, -0.2) is 26.5 Å². The molecule has 2 aromatic carbocycles. The average molecular weight is 402 g/mol. The number of aromatic amines is 1. The summed E-state index contributed by atoms with van der Waals surface area (Å²) in [6, 6.07) is 18.9. The number of amides is 1. The van der Waals surface area contributed by atoms with Crippen LogP contribution < -0.4 is 10.6 Å². The molecule has 152 valence electrons. The van der Waals surface area contributed by atoms with E-state index in [9.17, 15) is 4.79 Å². The minimum atomic E-state index is -0.668. The van der Waals surface area contributed by atoms with Crippen LogP contribution in [-0.2, 0) is 24.9 Å². The number of aryl methyl sites for hydroxylation is 1. The van der Waals surface area contributed by atoms with E-state index in [0.29, 0.717) is 12.1 Å². The second kappa shape index (κ2) is 8.52. The smallest absolute Gasteiger partial charge is 0.413 e. The third-order valence-corrected chi connectivity index (χ3v) is 4.75. The van der Waals surface area contributed by atoms with Gasteiger partial charge in [-0.25, -0.2) is 9.78 Å². The largest absolute Gasteiger partial charge is 0.443 e. The van der Waals surface area contributed by atoms with Gasteiger partial charge in [0.05, 0.1) is 23.3 Å². The van der Waals surface area contributed by atoms with Crippen molar-refractivity contribution in [2.75, 3.05) is 5.32 Å². The summed E-state index contributed by atoms with van der Waals surface area (Å²) in [6.45, 7) is 0.697. The molecule has 0 fully saturated rings. The number of imidazole rings is 1. The van der Waals surface area contributed by atoms with E-state index < -0.39 is 6.09 Å². The number of nitrogens with zero attached hydrogens (tertiary/aromatic N) is 2. The Balaban J connectivity index is 1.31. The van der Waals surface area contributed by atoms with E-state index in [-0.39, 0.29) is 12.4 Å². The van der Waals surface area contributed by atoms with Crippen molar-refractivity contribution in [3.05, 3.63) is 83.9 Å². The Bertz CT molecular complexity index is 1160. The molecule has 0 atom stereocenters. The quantitative estimate of drug-likeness (QED) is 0.291. The second-order valence-corrected chi connectivity index (χ2v) is 6.78. The third-order valence-electron chi connectivity index (χ3n) is 4.75. The molecule has 2 heterocycles. The Kier molecular flexibility index (Phi) is 5.47. The maximum absolute atomic E-state index is 11.8. The summed E-state index contributed by atoms with van der Waals surface area (Å²) in [7, 11) is 2.00. The SMILES string of the molecule is Cn1c(CNc2ccc(C(=N)NC(=O)OCc3ccc[nH]3)cc2)nc2ccccc21. The van der Waals surface area contributed by atoms with Gasteiger partial charge in [0.2, 0.25) is 0 Å². The molecule has 8 nitrogen and oxygen atoms in total. The highest BCUT2D eigenvalue weighted by Crippen LogP contribution is 2.16. The standard InChI is InChI=1S/C22H22N6O2/c1-28-19-7-3-2-6-18(19)26-20(28)13-25-16-10-8-15(9-11-16)21(23)27-22(29)30-14-17-5-4-12-24-17/h2-12,24-25H,13-14H2,1H3,(H2,23,27,29). The highest BCUT2D eigenvalue weighted by Gasteiger charge is 2.09. The van der Waals surface area contributed by atoms with E-state index in [1.54, 1.807) is 18.3 Å². The molecule has 4 N–H and O–H groups in total. The zero-order valence-electron chi connectivity index (χ0n) is 16.5. The van der Waals surface area contributed by atoms with Gasteiger partial charge in [0, 0.05) is 24.5 Å². The number of H-pyrrole nitrogens is 1. The lowest BCUT2D eigenvalue weighted by atomic mass is 10.2. The zero-order valence-corrected chi connectivity index (χ0v) is 16.5. The maximum Gasteiger partial charge on any atom is 0.413 e. The normalized spacial score (nSPS) is 10.7. The van der Waals surface area contributed by atoms with Crippen LogP contribution in [0.2, 0.25) is 0 Å². The second-order valence-electron chi connectivity index (χ2n) is 6.78. The number of hydrogen-bond donors (Lipinski definition) is 4. The number of aromatic nitrogens is 3. The fraction of sp³-hybridized carbons (Fsp3) is 0.136. The lowest BCUT2D eigenvalue weighted by Gasteiger charge is -2.10. The van der Waals surface area contributed by atoms with Crippen LogP contribution in [0.15, 0.2) is 66.9 Å². The predicted molar refractivity (Wildman–Crippen MR) is 115 cm³/mol. The van der Waals surface area contributed by atoms with Gasteiger partial charge in [-0.05, 0) is 48.5 Å². The lowest BCUT2D eigenvalue weighted by Crippen LogP contribution is -2.31. The Morgan fingerprint density at radius 2 is 1.93 bits per heavy atom. The molecule has 30 heavy (non-hydrogen) atoms. The monoisotopic (exact) mass is 402 g/mol. The molecule has 0 aliphatic carbocycles. The molecule has 0 aliphatic rings. The van der Waals surface area contributed by atoms with Crippen LogP contribution in [0.5, 0.6) is 0 Å². The number of hydrogen-bond acceptors (Lipinski definition) is 5. The van der Waals surface area contributed by atoms with Gasteiger partial charge in [0.25, 0.3) is 0 Å². The van der Waals surface area contributed by atoms with Crippen molar-refractivity contribution in [1.29, 1.82) is 5.41 Å². The Morgan fingerprint density at radius 1 is 1.13 bits per heavy atom. The summed E-state index contributed by atoms with van der Waals surface area (Å²) < 4.78 is 7.15. The zero-order chi connectivity index (χ0) is 20.9. The van der Waals surface area contributed by atoms with Crippen molar-refractivity contribution in [3.63, 3.8) is 0 Å². The molecule has 0 saturated heterocycles. The lowest BCUT2D eigenvalue weighted by molar-refractivity contribution is 0.144. The van der Waals surface area contributed by atoms with Crippen LogP contribution in [0.3, 0.4) is 0 Å².